The fraction of sp³-hybridized carbons (Fsp3) is 0.625. The van der Waals surface area contributed by atoms with E-state index in [1.807, 2.05) is 0 Å². The first kappa shape index (κ1) is 13.9. The van der Waals surface area contributed by atoms with E-state index in [1.165, 1.54) is 6.42 Å². The SMILES string of the molecule is C[C@@H]1[C@@H](OC(=O)c2cccnc2Cl)C[C@H]2C[C@H]1C2(C)C. The van der Waals surface area contributed by atoms with Crippen LogP contribution in [0.1, 0.15) is 44.0 Å². The highest BCUT2D eigenvalue weighted by molar-refractivity contribution is 6.32. The standard InChI is InChI=1S/C16H20ClNO2/c1-9-12-7-10(16(12,2)3)8-13(9)20-15(19)11-5-4-6-18-14(11)17/h4-6,9-10,12-13H,7-8H2,1-3H3/t9-,10+,12+,13-/m0/s1. The first-order valence-corrected chi connectivity index (χ1v) is 7.60. The lowest BCUT2D eigenvalue weighted by Gasteiger charge is -2.61. The van der Waals surface area contributed by atoms with Crippen LogP contribution < -0.4 is 0 Å². The second kappa shape index (κ2) is 4.73. The molecule has 3 nitrogen and oxygen atoms in total. The highest BCUT2D eigenvalue weighted by Crippen LogP contribution is 2.61. The molecule has 108 valence electrons. The fourth-order valence-electron chi connectivity index (χ4n) is 4.00. The van der Waals surface area contributed by atoms with Gasteiger partial charge in [-0.3, -0.25) is 0 Å². The van der Waals surface area contributed by atoms with E-state index < -0.39 is 0 Å². The summed E-state index contributed by atoms with van der Waals surface area (Å²) in [6.07, 6.45) is 3.82. The van der Waals surface area contributed by atoms with Crippen molar-refractivity contribution < 1.29 is 9.53 Å². The number of aromatic nitrogens is 1. The van der Waals surface area contributed by atoms with Gasteiger partial charge in [-0.1, -0.05) is 32.4 Å². The van der Waals surface area contributed by atoms with Crippen molar-refractivity contribution in [3.63, 3.8) is 0 Å². The summed E-state index contributed by atoms with van der Waals surface area (Å²) in [4.78, 5) is 16.1. The van der Waals surface area contributed by atoms with Crippen LogP contribution in [0.25, 0.3) is 0 Å². The van der Waals surface area contributed by atoms with E-state index in [9.17, 15) is 4.79 Å². The zero-order valence-electron chi connectivity index (χ0n) is 12.1. The smallest absolute Gasteiger partial charge is 0.341 e. The van der Waals surface area contributed by atoms with E-state index in [2.05, 4.69) is 25.8 Å². The molecule has 0 aromatic carbocycles. The molecule has 2 bridgehead atoms. The van der Waals surface area contributed by atoms with E-state index >= 15 is 0 Å². The fourth-order valence-corrected chi connectivity index (χ4v) is 4.19. The average Bonchev–Trinajstić information content (AvgIpc) is 2.40. The first-order valence-electron chi connectivity index (χ1n) is 7.22. The van der Waals surface area contributed by atoms with Gasteiger partial charge in [-0.15, -0.1) is 0 Å². The Balaban J connectivity index is 1.71. The third kappa shape index (κ3) is 2.03. The molecule has 3 aliphatic rings. The maximum absolute atomic E-state index is 12.2. The topological polar surface area (TPSA) is 39.2 Å². The molecule has 20 heavy (non-hydrogen) atoms. The van der Waals surface area contributed by atoms with Crippen molar-refractivity contribution in [1.82, 2.24) is 4.98 Å². The number of esters is 1. The summed E-state index contributed by atoms with van der Waals surface area (Å²) in [6, 6.07) is 3.36. The Morgan fingerprint density at radius 1 is 1.45 bits per heavy atom. The Hall–Kier alpha value is -1.09. The molecule has 3 fully saturated rings. The number of pyridine rings is 1. The van der Waals surface area contributed by atoms with Crippen molar-refractivity contribution in [2.75, 3.05) is 0 Å². The molecule has 4 heteroatoms. The van der Waals surface area contributed by atoms with Crippen molar-refractivity contribution in [3.8, 4) is 0 Å². The van der Waals surface area contributed by atoms with Crippen molar-refractivity contribution in [2.24, 2.45) is 23.2 Å². The summed E-state index contributed by atoms with van der Waals surface area (Å²) in [7, 11) is 0. The van der Waals surface area contributed by atoms with Crippen LogP contribution in [0, 0.1) is 23.2 Å². The summed E-state index contributed by atoms with van der Waals surface area (Å²) >= 11 is 5.94. The van der Waals surface area contributed by atoms with E-state index in [1.54, 1.807) is 18.3 Å². The molecule has 4 atom stereocenters. The number of carbonyl (C=O) groups is 1. The lowest BCUT2D eigenvalue weighted by molar-refractivity contribution is -0.156. The lowest BCUT2D eigenvalue weighted by atomic mass is 9.45. The third-order valence-electron chi connectivity index (χ3n) is 5.52. The van der Waals surface area contributed by atoms with E-state index in [0.717, 1.165) is 6.42 Å². The Labute approximate surface area is 124 Å². The summed E-state index contributed by atoms with van der Waals surface area (Å²) in [6.45, 7) is 6.86. The Morgan fingerprint density at radius 2 is 2.20 bits per heavy atom. The van der Waals surface area contributed by atoms with Gasteiger partial charge in [0.05, 0.1) is 5.56 Å². The van der Waals surface area contributed by atoms with Gasteiger partial charge in [0.2, 0.25) is 0 Å². The normalized spacial score (nSPS) is 34.2. The molecule has 0 spiro atoms. The molecule has 0 aliphatic heterocycles. The molecular formula is C16H20ClNO2. The summed E-state index contributed by atoms with van der Waals surface area (Å²) in [5, 5.41) is 0.214. The Morgan fingerprint density at radius 3 is 2.80 bits per heavy atom. The van der Waals surface area contributed by atoms with Crippen LogP contribution in [0.4, 0.5) is 0 Å². The van der Waals surface area contributed by atoms with Crippen LogP contribution in [0.15, 0.2) is 18.3 Å². The third-order valence-corrected chi connectivity index (χ3v) is 5.82. The van der Waals surface area contributed by atoms with Crippen LogP contribution in [-0.2, 0) is 4.74 Å². The molecule has 3 saturated carbocycles. The predicted octanol–water partition coefficient (Wildman–Crippen LogP) is 3.96. The van der Waals surface area contributed by atoms with Crippen molar-refractivity contribution >= 4 is 17.6 Å². The molecule has 0 radical (unpaired) electrons. The molecule has 1 aromatic heterocycles. The molecule has 0 amide bonds. The van der Waals surface area contributed by atoms with Crippen molar-refractivity contribution in [3.05, 3.63) is 29.0 Å². The van der Waals surface area contributed by atoms with E-state index in [-0.39, 0.29) is 17.2 Å². The van der Waals surface area contributed by atoms with Crippen LogP contribution in [0.3, 0.4) is 0 Å². The Bertz CT molecular complexity index is 543. The van der Waals surface area contributed by atoms with Crippen molar-refractivity contribution in [2.45, 2.75) is 39.7 Å². The Kier molecular flexibility index (Phi) is 3.28. The molecule has 0 unspecified atom stereocenters. The van der Waals surface area contributed by atoms with Crippen LogP contribution in [-0.4, -0.2) is 17.1 Å². The minimum atomic E-state index is -0.348. The predicted molar refractivity (Wildman–Crippen MR) is 77.6 cm³/mol. The van der Waals surface area contributed by atoms with Gasteiger partial charge in [-0.2, -0.15) is 0 Å². The summed E-state index contributed by atoms with van der Waals surface area (Å²) < 4.78 is 5.70. The molecule has 4 rings (SSSR count). The van der Waals surface area contributed by atoms with E-state index in [0.29, 0.717) is 28.7 Å². The van der Waals surface area contributed by atoms with Crippen LogP contribution in [0.2, 0.25) is 5.15 Å². The van der Waals surface area contributed by atoms with Gasteiger partial charge in [0.25, 0.3) is 0 Å². The molecule has 0 saturated heterocycles. The summed E-state index contributed by atoms with van der Waals surface area (Å²) in [5.74, 6) is 1.39. The van der Waals surface area contributed by atoms with Gasteiger partial charge in [-0.05, 0) is 48.1 Å². The second-order valence-electron chi connectivity index (χ2n) is 6.74. The van der Waals surface area contributed by atoms with Crippen LogP contribution >= 0.6 is 11.6 Å². The zero-order chi connectivity index (χ0) is 14.5. The quantitative estimate of drug-likeness (QED) is 0.612. The maximum atomic E-state index is 12.2. The largest absolute Gasteiger partial charge is 0.458 e. The molecule has 1 heterocycles. The number of hydrogen-bond acceptors (Lipinski definition) is 3. The number of ether oxygens (including phenoxy) is 1. The molecule has 0 N–H and O–H groups in total. The second-order valence-corrected chi connectivity index (χ2v) is 7.10. The van der Waals surface area contributed by atoms with Crippen molar-refractivity contribution in [1.29, 1.82) is 0 Å². The highest BCUT2D eigenvalue weighted by atomic mass is 35.5. The van der Waals surface area contributed by atoms with Gasteiger partial charge >= 0.3 is 5.97 Å². The number of carbonyl (C=O) groups excluding carboxylic acids is 1. The molecule has 1 aromatic rings. The number of nitrogens with zero attached hydrogens (tertiary/aromatic N) is 1. The number of hydrogen-bond donors (Lipinski definition) is 0. The van der Waals surface area contributed by atoms with E-state index in [4.69, 9.17) is 16.3 Å². The van der Waals surface area contributed by atoms with Gasteiger partial charge in [-0.25, -0.2) is 9.78 Å². The zero-order valence-corrected chi connectivity index (χ0v) is 12.9. The molecule has 3 aliphatic carbocycles. The van der Waals surface area contributed by atoms with Gasteiger partial charge in [0.1, 0.15) is 11.3 Å². The monoisotopic (exact) mass is 293 g/mol. The molecular weight excluding hydrogens is 274 g/mol. The summed E-state index contributed by atoms with van der Waals surface area (Å²) in [5.41, 5.74) is 0.758. The number of fused-ring (bicyclic) bond motifs is 2. The van der Waals surface area contributed by atoms with Crippen LogP contribution in [0.5, 0.6) is 0 Å². The average molecular weight is 294 g/mol. The van der Waals surface area contributed by atoms with Gasteiger partial charge < -0.3 is 4.74 Å². The maximum Gasteiger partial charge on any atom is 0.341 e. The number of halogens is 1. The lowest BCUT2D eigenvalue weighted by Crippen LogP contribution is -2.57. The minimum Gasteiger partial charge on any atom is -0.458 e. The highest BCUT2D eigenvalue weighted by Gasteiger charge is 2.57. The first-order chi connectivity index (χ1) is 9.41. The van der Waals surface area contributed by atoms with Gasteiger partial charge in [0.15, 0.2) is 0 Å². The number of rotatable bonds is 2. The minimum absolute atomic E-state index is 0.00977. The van der Waals surface area contributed by atoms with Gasteiger partial charge in [0, 0.05) is 6.20 Å².